The number of anilines is 3. The molecule has 1 heterocycles. The Hall–Kier alpha value is -2.48. The quantitative estimate of drug-likeness (QED) is 0.743. The highest BCUT2D eigenvalue weighted by atomic mass is 15.3. The molecule has 0 radical (unpaired) electrons. The van der Waals surface area contributed by atoms with E-state index in [-0.39, 0.29) is 0 Å². The monoisotopic (exact) mass is 213 g/mol. The molecule has 2 rings (SSSR count). The number of nitrogens with two attached hydrogens (primary N) is 1. The zero-order chi connectivity index (χ0) is 11.5. The second kappa shape index (κ2) is 3.95. The van der Waals surface area contributed by atoms with Crippen molar-refractivity contribution in [1.29, 1.82) is 5.26 Å². The van der Waals surface area contributed by atoms with Crippen molar-refractivity contribution in [2.75, 3.05) is 11.1 Å². The molecule has 5 nitrogen and oxygen atoms in total. The maximum absolute atomic E-state index is 8.71. The summed E-state index contributed by atoms with van der Waals surface area (Å²) < 4.78 is 1.70. The van der Waals surface area contributed by atoms with E-state index in [1.165, 1.54) is 0 Å². The van der Waals surface area contributed by atoms with Gasteiger partial charge in [-0.1, -0.05) is 0 Å². The van der Waals surface area contributed by atoms with Crippen molar-refractivity contribution in [1.82, 2.24) is 9.78 Å². The molecule has 0 aliphatic carbocycles. The molecule has 0 bridgehead atoms. The maximum Gasteiger partial charge on any atom is 0.0992 e. The first-order chi connectivity index (χ1) is 7.69. The summed E-state index contributed by atoms with van der Waals surface area (Å²) in [4.78, 5) is 0. The summed E-state index contributed by atoms with van der Waals surface area (Å²) in [5, 5.41) is 15.9. The summed E-state index contributed by atoms with van der Waals surface area (Å²) in [6.07, 6.45) is 3.55. The number of nitrogens with one attached hydrogen (secondary N) is 1. The molecule has 0 saturated heterocycles. The topological polar surface area (TPSA) is 79.7 Å². The first kappa shape index (κ1) is 10.1. The highest BCUT2D eigenvalue weighted by molar-refractivity contribution is 5.73. The molecule has 0 fully saturated rings. The average Bonchev–Trinajstić information content (AvgIpc) is 2.67. The third-order valence-electron chi connectivity index (χ3n) is 2.16. The molecule has 5 heteroatoms. The van der Waals surface area contributed by atoms with Gasteiger partial charge in [-0.15, -0.1) is 0 Å². The fourth-order valence-electron chi connectivity index (χ4n) is 1.39. The van der Waals surface area contributed by atoms with E-state index >= 15 is 0 Å². The van der Waals surface area contributed by atoms with Crippen LogP contribution in [0.5, 0.6) is 0 Å². The number of hydrogen-bond acceptors (Lipinski definition) is 4. The predicted octanol–water partition coefficient (Wildman–Crippen LogP) is 1.62. The molecule has 16 heavy (non-hydrogen) atoms. The first-order valence-electron chi connectivity index (χ1n) is 4.74. The Balaban J connectivity index is 2.26. The molecular weight excluding hydrogens is 202 g/mol. The number of benzene rings is 1. The van der Waals surface area contributed by atoms with Crippen molar-refractivity contribution >= 4 is 17.1 Å². The van der Waals surface area contributed by atoms with Gasteiger partial charge in [0.05, 0.1) is 34.9 Å². The second-order valence-corrected chi connectivity index (χ2v) is 3.44. The molecule has 0 atom stereocenters. The molecule has 0 amide bonds. The zero-order valence-corrected chi connectivity index (χ0v) is 8.81. The van der Waals surface area contributed by atoms with E-state index < -0.39 is 0 Å². The zero-order valence-electron chi connectivity index (χ0n) is 8.81. The Labute approximate surface area is 93.1 Å². The van der Waals surface area contributed by atoms with Crippen LogP contribution in [-0.4, -0.2) is 9.78 Å². The van der Waals surface area contributed by atoms with E-state index in [4.69, 9.17) is 11.0 Å². The van der Waals surface area contributed by atoms with E-state index in [9.17, 15) is 0 Å². The molecule has 0 aliphatic heterocycles. The van der Waals surface area contributed by atoms with Crippen molar-refractivity contribution in [3.05, 3.63) is 36.2 Å². The van der Waals surface area contributed by atoms with Crippen LogP contribution in [-0.2, 0) is 7.05 Å². The molecule has 2 aromatic rings. The number of aryl methyl sites for hydroxylation is 1. The van der Waals surface area contributed by atoms with E-state index in [1.54, 1.807) is 29.1 Å². The van der Waals surface area contributed by atoms with Crippen molar-refractivity contribution in [2.24, 2.45) is 7.05 Å². The lowest BCUT2D eigenvalue weighted by atomic mass is 10.2. The van der Waals surface area contributed by atoms with Crippen LogP contribution in [0.15, 0.2) is 30.6 Å². The van der Waals surface area contributed by atoms with Crippen LogP contribution < -0.4 is 11.1 Å². The highest BCUT2D eigenvalue weighted by Gasteiger charge is 2.02. The third kappa shape index (κ3) is 1.96. The molecule has 0 unspecified atom stereocenters. The standard InChI is InChI=1S/C11H11N5/c1-16-7-9(6-14-16)15-11-3-2-8(5-12)4-10(11)13/h2-4,6-7,15H,13H2,1H3. The summed E-state index contributed by atoms with van der Waals surface area (Å²) >= 11 is 0. The molecule has 0 aliphatic rings. The fourth-order valence-corrected chi connectivity index (χ4v) is 1.39. The van der Waals surface area contributed by atoms with E-state index in [0.717, 1.165) is 11.4 Å². The van der Waals surface area contributed by atoms with Gasteiger partial charge in [-0.3, -0.25) is 4.68 Å². The van der Waals surface area contributed by atoms with Crippen LogP contribution in [0.4, 0.5) is 17.1 Å². The van der Waals surface area contributed by atoms with Crippen molar-refractivity contribution in [2.45, 2.75) is 0 Å². The number of nitriles is 1. The van der Waals surface area contributed by atoms with Gasteiger partial charge >= 0.3 is 0 Å². The predicted molar refractivity (Wildman–Crippen MR) is 62.1 cm³/mol. The van der Waals surface area contributed by atoms with E-state index in [2.05, 4.69) is 10.4 Å². The number of nitrogen functional groups attached to an aromatic ring is 1. The van der Waals surface area contributed by atoms with Gasteiger partial charge in [0.1, 0.15) is 0 Å². The number of nitrogens with zero attached hydrogens (tertiary/aromatic N) is 3. The molecule has 1 aromatic heterocycles. The fraction of sp³-hybridized carbons (Fsp3) is 0.0909. The van der Waals surface area contributed by atoms with E-state index in [0.29, 0.717) is 11.3 Å². The lowest BCUT2D eigenvalue weighted by molar-refractivity contribution is 0.768. The van der Waals surface area contributed by atoms with Gasteiger partial charge in [0, 0.05) is 13.2 Å². The summed E-state index contributed by atoms with van der Waals surface area (Å²) in [6.45, 7) is 0. The normalized spacial score (nSPS) is 9.75. The van der Waals surface area contributed by atoms with Gasteiger partial charge in [0.15, 0.2) is 0 Å². The summed E-state index contributed by atoms with van der Waals surface area (Å²) in [5.74, 6) is 0. The number of rotatable bonds is 2. The summed E-state index contributed by atoms with van der Waals surface area (Å²) in [5.41, 5.74) is 8.54. The van der Waals surface area contributed by atoms with Crippen LogP contribution in [0.25, 0.3) is 0 Å². The molecule has 0 saturated carbocycles. The van der Waals surface area contributed by atoms with Gasteiger partial charge in [0.25, 0.3) is 0 Å². The minimum Gasteiger partial charge on any atom is -0.397 e. The number of aromatic nitrogens is 2. The third-order valence-corrected chi connectivity index (χ3v) is 2.16. The highest BCUT2D eigenvalue weighted by Crippen LogP contribution is 2.23. The Kier molecular flexibility index (Phi) is 2.48. The van der Waals surface area contributed by atoms with Crippen molar-refractivity contribution in [3.63, 3.8) is 0 Å². The van der Waals surface area contributed by atoms with Gasteiger partial charge in [-0.05, 0) is 18.2 Å². The Morgan fingerprint density at radius 3 is 2.88 bits per heavy atom. The largest absolute Gasteiger partial charge is 0.397 e. The average molecular weight is 213 g/mol. The van der Waals surface area contributed by atoms with Gasteiger partial charge in [-0.2, -0.15) is 10.4 Å². The lowest BCUT2D eigenvalue weighted by Gasteiger charge is -2.06. The molecule has 0 spiro atoms. The minimum atomic E-state index is 0.544. The maximum atomic E-state index is 8.71. The van der Waals surface area contributed by atoms with Gasteiger partial charge in [-0.25, -0.2) is 0 Å². The van der Waals surface area contributed by atoms with Crippen LogP contribution >= 0.6 is 0 Å². The Bertz CT molecular complexity index is 550. The smallest absolute Gasteiger partial charge is 0.0992 e. The molecule has 80 valence electrons. The van der Waals surface area contributed by atoms with Crippen molar-refractivity contribution < 1.29 is 0 Å². The van der Waals surface area contributed by atoms with Crippen LogP contribution in [0.1, 0.15) is 5.56 Å². The van der Waals surface area contributed by atoms with Gasteiger partial charge in [0.2, 0.25) is 0 Å². The molecule has 3 N–H and O–H groups in total. The Morgan fingerprint density at radius 2 is 2.31 bits per heavy atom. The number of hydrogen-bond donors (Lipinski definition) is 2. The molecular formula is C11H11N5. The van der Waals surface area contributed by atoms with Gasteiger partial charge < -0.3 is 11.1 Å². The first-order valence-corrected chi connectivity index (χ1v) is 4.74. The summed E-state index contributed by atoms with van der Waals surface area (Å²) in [7, 11) is 1.84. The Morgan fingerprint density at radius 1 is 1.50 bits per heavy atom. The minimum absolute atomic E-state index is 0.544. The molecule has 1 aromatic carbocycles. The summed E-state index contributed by atoms with van der Waals surface area (Å²) in [6, 6.07) is 7.17. The van der Waals surface area contributed by atoms with Crippen molar-refractivity contribution in [3.8, 4) is 6.07 Å². The van der Waals surface area contributed by atoms with Crippen LogP contribution in [0.3, 0.4) is 0 Å². The second-order valence-electron chi connectivity index (χ2n) is 3.44. The van der Waals surface area contributed by atoms with E-state index in [1.807, 2.05) is 19.3 Å². The van der Waals surface area contributed by atoms with Crippen LogP contribution in [0, 0.1) is 11.3 Å². The van der Waals surface area contributed by atoms with Crippen LogP contribution in [0.2, 0.25) is 0 Å². The SMILES string of the molecule is Cn1cc(Nc2ccc(C#N)cc2N)cn1. The lowest BCUT2D eigenvalue weighted by Crippen LogP contribution is -1.96.